The van der Waals surface area contributed by atoms with E-state index in [1.54, 1.807) is 0 Å². The van der Waals surface area contributed by atoms with Crippen LogP contribution in [-0.4, -0.2) is 4.98 Å². The number of aromatic nitrogens is 1. The maximum absolute atomic E-state index is 9.03. The van der Waals surface area contributed by atoms with Gasteiger partial charge < -0.3 is 0 Å². The smallest absolute Gasteiger partial charge is 0.0708 e. The Morgan fingerprint density at radius 2 is 1.95 bits per heavy atom. The van der Waals surface area contributed by atoms with Gasteiger partial charge in [0.05, 0.1) is 18.0 Å². The molecule has 1 aromatic carbocycles. The number of nitriles is 1. The van der Waals surface area contributed by atoms with Gasteiger partial charge in [-0.05, 0) is 35.7 Å². The van der Waals surface area contributed by atoms with E-state index in [1.165, 1.54) is 5.56 Å². The summed E-state index contributed by atoms with van der Waals surface area (Å²) in [4.78, 5) is 4.76. The quantitative estimate of drug-likeness (QED) is 0.804. The lowest BCUT2D eigenvalue weighted by Crippen LogP contribution is -2.14. The highest BCUT2D eigenvalue weighted by Crippen LogP contribution is 2.27. The van der Waals surface area contributed by atoms with Crippen LogP contribution in [-0.2, 0) is 18.3 Å². The monoisotopic (exact) mass is 252 g/mol. The third kappa shape index (κ3) is 2.76. The molecule has 1 aromatic heterocycles. The first kappa shape index (κ1) is 13.5. The average molecular weight is 252 g/mol. The number of hydrogen-bond acceptors (Lipinski definition) is 2. The van der Waals surface area contributed by atoms with Crippen LogP contribution in [0.2, 0.25) is 0 Å². The summed E-state index contributed by atoms with van der Waals surface area (Å²) in [6, 6.07) is 10.7. The van der Waals surface area contributed by atoms with Crippen LogP contribution in [0.3, 0.4) is 0 Å². The number of nitrogens with zero attached hydrogens (tertiary/aromatic N) is 2. The Balaban J connectivity index is 2.72. The van der Waals surface area contributed by atoms with Crippen LogP contribution in [0, 0.1) is 11.3 Å². The number of hydrogen-bond donors (Lipinski definition) is 0. The molecule has 0 saturated heterocycles. The van der Waals surface area contributed by atoms with Crippen LogP contribution in [0.1, 0.15) is 44.5 Å². The summed E-state index contributed by atoms with van der Waals surface area (Å²) >= 11 is 0. The van der Waals surface area contributed by atoms with Gasteiger partial charge in [0.15, 0.2) is 0 Å². The summed E-state index contributed by atoms with van der Waals surface area (Å²) in [5.74, 6) is 0. The zero-order valence-corrected chi connectivity index (χ0v) is 12.1. The lowest BCUT2D eigenvalue weighted by Gasteiger charge is -2.19. The minimum Gasteiger partial charge on any atom is -0.252 e. The molecule has 0 unspecified atom stereocenters. The van der Waals surface area contributed by atoms with Gasteiger partial charge in [0.1, 0.15) is 0 Å². The summed E-state index contributed by atoms with van der Waals surface area (Å²) in [7, 11) is 0. The van der Waals surface area contributed by atoms with Gasteiger partial charge in [-0.3, -0.25) is 4.98 Å². The predicted molar refractivity (Wildman–Crippen MR) is 79.1 cm³/mol. The van der Waals surface area contributed by atoms with Gasteiger partial charge in [0.2, 0.25) is 0 Å². The molecule has 0 radical (unpaired) electrons. The SMILES string of the molecule is CCc1ccc2nc(C(C)(C)C)cc(CC#N)c2c1. The lowest BCUT2D eigenvalue weighted by molar-refractivity contribution is 0.571. The summed E-state index contributed by atoms with van der Waals surface area (Å²) in [5.41, 5.74) is 4.43. The number of pyridine rings is 1. The molecular weight excluding hydrogens is 232 g/mol. The van der Waals surface area contributed by atoms with Crippen LogP contribution in [0.5, 0.6) is 0 Å². The molecule has 1 heterocycles. The van der Waals surface area contributed by atoms with E-state index in [-0.39, 0.29) is 5.41 Å². The second kappa shape index (κ2) is 5.01. The van der Waals surface area contributed by atoms with Crippen LogP contribution in [0.4, 0.5) is 0 Å². The van der Waals surface area contributed by atoms with E-state index in [2.05, 4.69) is 58.0 Å². The van der Waals surface area contributed by atoms with Crippen molar-refractivity contribution in [2.45, 2.75) is 46.0 Å². The number of fused-ring (bicyclic) bond motifs is 1. The van der Waals surface area contributed by atoms with Gasteiger partial charge in [-0.2, -0.15) is 5.26 Å². The Morgan fingerprint density at radius 3 is 2.53 bits per heavy atom. The van der Waals surface area contributed by atoms with Crippen molar-refractivity contribution in [2.24, 2.45) is 0 Å². The molecular formula is C17H20N2. The number of aryl methyl sites for hydroxylation is 1. The summed E-state index contributed by atoms with van der Waals surface area (Å²) in [5, 5.41) is 10.1. The van der Waals surface area contributed by atoms with Gasteiger partial charge >= 0.3 is 0 Å². The molecule has 19 heavy (non-hydrogen) atoms. The van der Waals surface area contributed by atoms with Crippen molar-refractivity contribution in [3.05, 3.63) is 41.1 Å². The minimum absolute atomic E-state index is 0.00181. The second-order valence-electron chi connectivity index (χ2n) is 5.96. The maximum Gasteiger partial charge on any atom is 0.0708 e. The van der Waals surface area contributed by atoms with E-state index in [0.29, 0.717) is 6.42 Å². The molecule has 0 saturated carbocycles. The van der Waals surface area contributed by atoms with Gasteiger partial charge in [0.25, 0.3) is 0 Å². The molecule has 2 aromatic rings. The van der Waals surface area contributed by atoms with Gasteiger partial charge in [0, 0.05) is 16.5 Å². The van der Waals surface area contributed by atoms with Gasteiger partial charge in [-0.25, -0.2) is 0 Å². The van der Waals surface area contributed by atoms with Gasteiger partial charge in [-0.15, -0.1) is 0 Å². The van der Waals surface area contributed by atoms with Gasteiger partial charge in [-0.1, -0.05) is 33.8 Å². The second-order valence-corrected chi connectivity index (χ2v) is 5.96. The first-order valence-corrected chi connectivity index (χ1v) is 6.75. The number of benzene rings is 1. The molecule has 0 amide bonds. The van der Waals surface area contributed by atoms with Crippen LogP contribution < -0.4 is 0 Å². The van der Waals surface area contributed by atoms with Crippen LogP contribution in [0.15, 0.2) is 24.3 Å². The highest BCUT2D eigenvalue weighted by molar-refractivity contribution is 5.83. The van der Waals surface area contributed by atoms with Crippen molar-refractivity contribution in [3.8, 4) is 6.07 Å². The third-order valence-corrected chi connectivity index (χ3v) is 3.40. The fraction of sp³-hybridized carbons (Fsp3) is 0.412. The van der Waals surface area contributed by atoms with Crippen molar-refractivity contribution < 1.29 is 0 Å². The average Bonchev–Trinajstić information content (AvgIpc) is 2.37. The van der Waals surface area contributed by atoms with E-state index >= 15 is 0 Å². The number of rotatable bonds is 2. The Kier molecular flexibility index (Phi) is 3.57. The van der Waals surface area contributed by atoms with E-state index in [0.717, 1.165) is 28.6 Å². The zero-order chi connectivity index (χ0) is 14.0. The molecule has 0 spiro atoms. The molecule has 2 heteroatoms. The zero-order valence-electron chi connectivity index (χ0n) is 12.1. The normalized spacial score (nSPS) is 11.5. The highest BCUT2D eigenvalue weighted by atomic mass is 14.7. The van der Waals surface area contributed by atoms with E-state index < -0.39 is 0 Å². The summed E-state index contributed by atoms with van der Waals surface area (Å²) < 4.78 is 0. The topological polar surface area (TPSA) is 36.7 Å². The van der Waals surface area contributed by atoms with E-state index in [4.69, 9.17) is 10.2 Å². The van der Waals surface area contributed by atoms with Crippen molar-refractivity contribution >= 4 is 10.9 Å². The molecule has 0 fully saturated rings. The van der Waals surface area contributed by atoms with E-state index in [9.17, 15) is 0 Å². The Morgan fingerprint density at radius 1 is 1.21 bits per heavy atom. The molecule has 0 atom stereocenters. The maximum atomic E-state index is 9.03. The Bertz CT molecular complexity index is 643. The Hall–Kier alpha value is -1.88. The summed E-state index contributed by atoms with van der Waals surface area (Å²) in [6.07, 6.45) is 1.44. The van der Waals surface area contributed by atoms with E-state index in [1.807, 2.05) is 0 Å². The standard InChI is InChI=1S/C17H20N2/c1-5-12-6-7-15-14(10-12)13(8-9-18)11-16(19-15)17(2,3)4/h6-7,10-11H,5,8H2,1-4H3. The molecule has 0 N–H and O–H groups in total. The molecule has 0 aliphatic heterocycles. The Labute approximate surface area is 115 Å². The van der Waals surface area contributed by atoms with Crippen LogP contribution in [0.25, 0.3) is 10.9 Å². The van der Waals surface area contributed by atoms with Crippen molar-refractivity contribution in [3.63, 3.8) is 0 Å². The fourth-order valence-corrected chi connectivity index (χ4v) is 2.18. The summed E-state index contributed by atoms with van der Waals surface area (Å²) in [6.45, 7) is 8.59. The van der Waals surface area contributed by atoms with Crippen molar-refractivity contribution in [1.82, 2.24) is 4.98 Å². The first-order valence-electron chi connectivity index (χ1n) is 6.75. The first-order chi connectivity index (χ1) is 8.95. The highest BCUT2D eigenvalue weighted by Gasteiger charge is 2.17. The van der Waals surface area contributed by atoms with Crippen LogP contribution >= 0.6 is 0 Å². The van der Waals surface area contributed by atoms with Crippen molar-refractivity contribution in [2.75, 3.05) is 0 Å². The third-order valence-electron chi connectivity index (χ3n) is 3.40. The molecule has 0 aliphatic rings. The van der Waals surface area contributed by atoms with Crippen molar-refractivity contribution in [1.29, 1.82) is 5.26 Å². The molecule has 2 rings (SSSR count). The minimum atomic E-state index is 0.00181. The largest absolute Gasteiger partial charge is 0.252 e. The molecule has 2 nitrogen and oxygen atoms in total. The molecule has 0 aliphatic carbocycles. The molecule has 0 bridgehead atoms. The molecule has 98 valence electrons. The fourth-order valence-electron chi connectivity index (χ4n) is 2.18. The predicted octanol–water partition coefficient (Wildman–Crippen LogP) is 4.16. The lowest BCUT2D eigenvalue weighted by atomic mass is 9.89.